The zero-order chi connectivity index (χ0) is 15.5. The van der Waals surface area contributed by atoms with Crippen LogP contribution in [0.4, 0.5) is 0 Å². The number of benzene rings is 2. The molecule has 1 heterocycles. The molecule has 4 heteroatoms. The van der Waals surface area contributed by atoms with Gasteiger partial charge in [0, 0.05) is 21.6 Å². The molecule has 0 saturated carbocycles. The molecule has 0 amide bonds. The number of fused-ring (bicyclic) bond motifs is 1. The molecule has 0 spiro atoms. The second-order valence-corrected chi connectivity index (χ2v) is 6.24. The van der Waals surface area contributed by atoms with Crippen molar-refractivity contribution in [3.63, 3.8) is 0 Å². The third-order valence-corrected chi connectivity index (χ3v) is 4.38. The monoisotopic (exact) mass is 332 g/mol. The maximum absolute atomic E-state index is 6.45. The summed E-state index contributed by atoms with van der Waals surface area (Å²) in [6, 6.07) is 14.0. The van der Waals surface area contributed by atoms with Gasteiger partial charge in [-0.2, -0.15) is 0 Å². The summed E-state index contributed by atoms with van der Waals surface area (Å²) >= 11 is 12.6. The van der Waals surface area contributed by atoms with Crippen molar-refractivity contribution in [2.24, 2.45) is 5.73 Å². The van der Waals surface area contributed by atoms with Gasteiger partial charge in [0.05, 0.1) is 5.02 Å². The molecule has 114 valence electrons. The van der Waals surface area contributed by atoms with Gasteiger partial charge in [-0.3, -0.25) is 0 Å². The molecule has 22 heavy (non-hydrogen) atoms. The zero-order valence-electron chi connectivity index (χ0n) is 12.2. The highest BCUT2D eigenvalue weighted by molar-refractivity contribution is 6.39. The molecule has 0 fully saturated rings. The van der Waals surface area contributed by atoms with Crippen LogP contribution in [-0.4, -0.2) is 11.5 Å². The maximum atomic E-state index is 6.45. The Balaban J connectivity index is 2.17. The van der Waals surface area contributed by atoms with Gasteiger partial charge in [-0.05, 0) is 49.1 Å². The Kier molecular flexibility index (Phi) is 4.72. The van der Waals surface area contributed by atoms with E-state index in [1.165, 1.54) is 5.56 Å². The quantitative estimate of drug-likeness (QED) is 0.601. The molecule has 3 rings (SSSR count). The van der Waals surface area contributed by atoms with Crippen LogP contribution in [0.3, 0.4) is 0 Å². The minimum absolute atomic E-state index is 0.645. The number of halogens is 2. The van der Waals surface area contributed by atoms with Gasteiger partial charge in [0.15, 0.2) is 0 Å². The van der Waals surface area contributed by atoms with Crippen molar-refractivity contribution in [3.8, 4) is 11.3 Å². The van der Waals surface area contributed by atoms with Crippen LogP contribution in [0, 0.1) is 0 Å². The number of hydrogen-bond acceptors (Lipinski definition) is 1. The normalized spacial score (nSPS) is 11.2. The van der Waals surface area contributed by atoms with Gasteiger partial charge < -0.3 is 10.7 Å². The summed E-state index contributed by atoms with van der Waals surface area (Å²) in [5.74, 6) is 0. The van der Waals surface area contributed by atoms with Gasteiger partial charge >= 0.3 is 0 Å². The molecule has 0 atom stereocenters. The molecule has 0 aliphatic heterocycles. The van der Waals surface area contributed by atoms with E-state index < -0.39 is 0 Å². The highest BCUT2D eigenvalue weighted by atomic mass is 35.5. The zero-order valence-corrected chi connectivity index (χ0v) is 13.7. The fourth-order valence-corrected chi connectivity index (χ4v) is 3.47. The SMILES string of the molecule is NCCCCc1c(-c2ccccc2)[nH]c2cc(Cl)cc(Cl)c12. The smallest absolute Gasteiger partial charge is 0.0517 e. The molecule has 1 aromatic heterocycles. The summed E-state index contributed by atoms with van der Waals surface area (Å²) in [5, 5.41) is 2.41. The van der Waals surface area contributed by atoms with Crippen LogP contribution in [0.1, 0.15) is 18.4 Å². The Bertz CT molecular complexity index is 779. The minimum atomic E-state index is 0.645. The first-order chi connectivity index (χ1) is 10.7. The average Bonchev–Trinajstić information content (AvgIpc) is 2.87. The summed E-state index contributed by atoms with van der Waals surface area (Å²) in [7, 11) is 0. The molecule has 2 nitrogen and oxygen atoms in total. The molecule has 2 aromatic carbocycles. The molecule has 3 aromatic rings. The lowest BCUT2D eigenvalue weighted by molar-refractivity contribution is 0.748. The molecule has 0 saturated heterocycles. The van der Waals surface area contributed by atoms with Crippen molar-refractivity contribution in [1.29, 1.82) is 0 Å². The molecule has 3 N–H and O–H groups in total. The van der Waals surface area contributed by atoms with Crippen LogP contribution in [-0.2, 0) is 6.42 Å². The van der Waals surface area contributed by atoms with Crippen molar-refractivity contribution >= 4 is 34.1 Å². The summed E-state index contributed by atoms with van der Waals surface area (Å²) in [5.41, 5.74) is 10.1. The van der Waals surface area contributed by atoms with E-state index in [0.29, 0.717) is 16.6 Å². The van der Waals surface area contributed by atoms with E-state index in [9.17, 15) is 0 Å². The maximum Gasteiger partial charge on any atom is 0.0517 e. The number of hydrogen-bond donors (Lipinski definition) is 2. The minimum Gasteiger partial charge on any atom is -0.354 e. The molecule has 0 aliphatic carbocycles. The number of aryl methyl sites for hydroxylation is 1. The van der Waals surface area contributed by atoms with Gasteiger partial charge in [-0.15, -0.1) is 0 Å². The fourth-order valence-electron chi connectivity index (χ4n) is 2.86. The fraction of sp³-hybridized carbons (Fsp3) is 0.222. The third-order valence-electron chi connectivity index (χ3n) is 3.86. The number of aromatic nitrogens is 1. The van der Waals surface area contributed by atoms with Crippen LogP contribution < -0.4 is 5.73 Å². The number of nitrogens with one attached hydrogen (secondary N) is 1. The Morgan fingerprint density at radius 1 is 1.00 bits per heavy atom. The standard InChI is InChI=1S/C18H18Cl2N2/c19-13-10-15(20)17-14(8-4-5-9-21)18(22-16(17)11-13)12-6-2-1-3-7-12/h1-3,6-7,10-11,22H,4-5,8-9,21H2. The summed E-state index contributed by atoms with van der Waals surface area (Å²) < 4.78 is 0. The van der Waals surface area contributed by atoms with E-state index >= 15 is 0 Å². The molecule has 0 radical (unpaired) electrons. The predicted molar refractivity (Wildman–Crippen MR) is 95.7 cm³/mol. The number of nitrogens with two attached hydrogens (primary N) is 1. The van der Waals surface area contributed by atoms with E-state index in [4.69, 9.17) is 28.9 Å². The van der Waals surface area contributed by atoms with Gasteiger partial charge in [0.2, 0.25) is 0 Å². The van der Waals surface area contributed by atoms with E-state index in [1.807, 2.05) is 24.3 Å². The number of rotatable bonds is 5. The van der Waals surface area contributed by atoms with Crippen LogP contribution in [0.15, 0.2) is 42.5 Å². The van der Waals surface area contributed by atoms with E-state index in [1.54, 1.807) is 6.07 Å². The van der Waals surface area contributed by atoms with Gasteiger partial charge in [-0.25, -0.2) is 0 Å². The van der Waals surface area contributed by atoms with Crippen LogP contribution in [0.25, 0.3) is 22.2 Å². The Hall–Kier alpha value is -1.48. The van der Waals surface area contributed by atoms with Gasteiger partial charge in [0.1, 0.15) is 0 Å². The van der Waals surface area contributed by atoms with Gasteiger partial charge in [-0.1, -0.05) is 53.5 Å². The molecule has 0 aliphatic rings. The summed E-state index contributed by atoms with van der Waals surface area (Å²) in [6.45, 7) is 0.711. The van der Waals surface area contributed by atoms with E-state index in [2.05, 4.69) is 17.1 Å². The first-order valence-electron chi connectivity index (χ1n) is 7.46. The predicted octanol–water partition coefficient (Wildman–Crippen LogP) is 5.42. The third kappa shape index (κ3) is 3.00. The van der Waals surface area contributed by atoms with Crippen molar-refractivity contribution in [1.82, 2.24) is 4.98 Å². The molecular weight excluding hydrogens is 315 g/mol. The lowest BCUT2D eigenvalue weighted by Crippen LogP contribution is -1.99. The lowest BCUT2D eigenvalue weighted by Gasteiger charge is -2.06. The Labute approximate surface area is 140 Å². The number of aromatic amines is 1. The molecular formula is C18H18Cl2N2. The Morgan fingerprint density at radius 2 is 1.77 bits per heavy atom. The Morgan fingerprint density at radius 3 is 2.50 bits per heavy atom. The second-order valence-electron chi connectivity index (χ2n) is 5.40. The highest BCUT2D eigenvalue weighted by Gasteiger charge is 2.16. The van der Waals surface area contributed by atoms with E-state index in [0.717, 1.165) is 41.4 Å². The van der Waals surface area contributed by atoms with Crippen molar-refractivity contribution in [3.05, 3.63) is 58.1 Å². The van der Waals surface area contributed by atoms with E-state index in [-0.39, 0.29) is 0 Å². The lowest BCUT2D eigenvalue weighted by atomic mass is 10.0. The average molecular weight is 333 g/mol. The van der Waals surface area contributed by atoms with Crippen LogP contribution >= 0.6 is 23.2 Å². The van der Waals surface area contributed by atoms with Crippen molar-refractivity contribution in [2.75, 3.05) is 6.54 Å². The first kappa shape index (κ1) is 15.4. The summed E-state index contributed by atoms with van der Waals surface area (Å²) in [4.78, 5) is 3.49. The summed E-state index contributed by atoms with van der Waals surface area (Å²) in [6.07, 6.45) is 3.00. The molecule has 0 unspecified atom stereocenters. The van der Waals surface area contributed by atoms with Gasteiger partial charge in [0.25, 0.3) is 0 Å². The second kappa shape index (κ2) is 6.74. The topological polar surface area (TPSA) is 41.8 Å². The first-order valence-corrected chi connectivity index (χ1v) is 8.21. The van der Waals surface area contributed by atoms with Crippen molar-refractivity contribution in [2.45, 2.75) is 19.3 Å². The molecule has 0 bridgehead atoms. The van der Waals surface area contributed by atoms with Crippen LogP contribution in [0.5, 0.6) is 0 Å². The largest absolute Gasteiger partial charge is 0.354 e. The highest BCUT2D eigenvalue weighted by Crippen LogP contribution is 2.37. The number of unbranched alkanes of at least 4 members (excludes halogenated alkanes) is 1. The number of H-pyrrole nitrogens is 1. The van der Waals surface area contributed by atoms with Crippen LogP contribution in [0.2, 0.25) is 10.0 Å². The van der Waals surface area contributed by atoms with Crippen molar-refractivity contribution < 1.29 is 0 Å².